The van der Waals surface area contributed by atoms with Gasteiger partial charge < -0.3 is 10.1 Å². The molecule has 0 saturated heterocycles. The Labute approximate surface area is 133 Å². The quantitative estimate of drug-likeness (QED) is 0.898. The summed E-state index contributed by atoms with van der Waals surface area (Å²) in [6.07, 6.45) is -0.183. The molecule has 0 fully saturated rings. The minimum atomic E-state index is -0.183. The fourth-order valence-electron chi connectivity index (χ4n) is 2.19. The number of hydrogen-bond acceptors (Lipinski definition) is 3. The molecular formula is C16H18ClNO2S. The van der Waals surface area contributed by atoms with Gasteiger partial charge in [-0.15, -0.1) is 11.3 Å². The van der Waals surface area contributed by atoms with Gasteiger partial charge in [-0.3, -0.25) is 4.79 Å². The van der Waals surface area contributed by atoms with Gasteiger partial charge in [0.05, 0.1) is 4.34 Å². The van der Waals surface area contributed by atoms with E-state index < -0.39 is 0 Å². The zero-order valence-electron chi connectivity index (χ0n) is 12.3. The molecule has 5 heteroatoms. The number of benzene rings is 1. The van der Waals surface area contributed by atoms with Crippen LogP contribution in [0.4, 0.5) is 0 Å². The molecule has 2 rings (SSSR count). The van der Waals surface area contributed by atoms with Gasteiger partial charge in [-0.1, -0.05) is 28.8 Å². The van der Waals surface area contributed by atoms with Crippen molar-refractivity contribution in [2.24, 2.45) is 0 Å². The summed E-state index contributed by atoms with van der Waals surface area (Å²) >= 11 is 7.39. The third kappa shape index (κ3) is 4.30. The van der Waals surface area contributed by atoms with Crippen LogP contribution in [0.5, 0.6) is 0 Å². The Kier molecular flexibility index (Phi) is 5.39. The first-order valence-electron chi connectivity index (χ1n) is 6.64. The SMILES string of the molecule is COC(CNC(=O)c1cc(C)cc(C)c1)c1ccc(Cl)s1. The van der Waals surface area contributed by atoms with Crippen LogP contribution in [0.25, 0.3) is 0 Å². The van der Waals surface area contributed by atoms with Crippen LogP contribution in [0.15, 0.2) is 30.3 Å². The minimum absolute atomic E-state index is 0.0912. The van der Waals surface area contributed by atoms with Crippen LogP contribution in [0.1, 0.15) is 32.5 Å². The van der Waals surface area contributed by atoms with Gasteiger partial charge in [0.15, 0.2) is 0 Å². The van der Waals surface area contributed by atoms with Crippen molar-refractivity contribution >= 4 is 28.8 Å². The number of rotatable bonds is 5. The van der Waals surface area contributed by atoms with Crippen molar-refractivity contribution in [1.82, 2.24) is 5.32 Å². The topological polar surface area (TPSA) is 38.3 Å². The van der Waals surface area contributed by atoms with Crippen molar-refractivity contribution in [2.75, 3.05) is 13.7 Å². The molecule has 0 aliphatic rings. The van der Waals surface area contributed by atoms with Crippen LogP contribution in [0.3, 0.4) is 0 Å². The Morgan fingerprint density at radius 2 is 1.95 bits per heavy atom. The number of hydrogen-bond donors (Lipinski definition) is 1. The second-order valence-electron chi connectivity index (χ2n) is 4.95. The molecule has 1 aromatic heterocycles. The summed E-state index contributed by atoms with van der Waals surface area (Å²) in [5.41, 5.74) is 2.83. The molecule has 21 heavy (non-hydrogen) atoms. The predicted molar refractivity (Wildman–Crippen MR) is 87.3 cm³/mol. The lowest BCUT2D eigenvalue weighted by molar-refractivity contribution is 0.0837. The van der Waals surface area contributed by atoms with Gasteiger partial charge in [0, 0.05) is 24.1 Å². The lowest BCUT2D eigenvalue weighted by Gasteiger charge is -2.15. The van der Waals surface area contributed by atoms with Crippen molar-refractivity contribution in [3.05, 3.63) is 56.2 Å². The van der Waals surface area contributed by atoms with Crippen LogP contribution >= 0.6 is 22.9 Å². The van der Waals surface area contributed by atoms with Crippen molar-refractivity contribution < 1.29 is 9.53 Å². The largest absolute Gasteiger partial charge is 0.374 e. The molecule has 2 aromatic rings. The Balaban J connectivity index is 2.02. The highest BCUT2D eigenvalue weighted by Crippen LogP contribution is 2.28. The van der Waals surface area contributed by atoms with Crippen molar-refractivity contribution in [3.63, 3.8) is 0 Å². The minimum Gasteiger partial charge on any atom is -0.374 e. The van der Waals surface area contributed by atoms with E-state index >= 15 is 0 Å². The lowest BCUT2D eigenvalue weighted by Crippen LogP contribution is -2.29. The summed E-state index contributed by atoms with van der Waals surface area (Å²) in [6, 6.07) is 9.56. The van der Waals surface area contributed by atoms with Crippen LogP contribution in [-0.4, -0.2) is 19.6 Å². The standard InChI is InChI=1S/C16H18ClNO2S/c1-10-6-11(2)8-12(7-10)16(19)18-9-13(20-3)14-4-5-15(17)21-14/h4-8,13H,9H2,1-3H3,(H,18,19). The molecule has 1 heterocycles. The van der Waals surface area contributed by atoms with Gasteiger partial charge in [0.2, 0.25) is 0 Å². The van der Waals surface area contributed by atoms with Crippen molar-refractivity contribution in [2.45, 2.75) is 20.0 Å². The predicted octanol–water partition coefficient (Wildman–Crippen LogP) is 4.14. The van der Waals surface area contributed by atoms with Gasteiger partial charge in [-0.25, -0.2) is 0 Å². The van der Waals surface area contributed by atoms with E-state index in [1.807, 2.05) is 44.2 Å². The van der Waals surface area contributed by atoms with Crippen molar-refractivity contribution in [3.8, 4) is 0 Å². The summed E-state index contributed by atoms with van der Waals surface area (Å²) in [5, 5.41) is 2.91. The highest BCUT2D eigenvalue weighted by molar-refractivity contribution is 7.16. The van der Waals surface area contributed by atoms with E-state index in [0.717, 1.165) is 16.0 Å². The van der Waals surface area contributed by atoms with E-state index in [-0.39, 0.29) is 12.0 Å². The molecule has 1 amide bonds. The zero-order valence-corrected chi connectivity index (χ0v) is 13.8. The van der Waals surface area contributed by atoms with Gasteiger partial charge in [-0.2, -0.15) is 0 Å². The van der Waals surface area contributed by atoms with Gasteiger partial charge in [0.1, 0.15) is 6.10 Å². The number of halogens is 1. The summed E-state index contributed by atoms with van der Waals surface area (Å²) in [4.78, 5) is 13.2. The molecule has 0 saturated carbocycles. The third-order valence-electron chi connectivity index (χ3n) is 3.13. The molecular weight excluding hydrogens is 306 g/mol. The number of thiophene rings is 1. The third-order valence-corrected chi connectivity index (χ3v) is 4.45. The van der Waals surface area contributed by atoms with Crippen LogP contribution < -0.4 is 5.32 Å². The number of methoxy groups -OCH3 is 1. The molecule has 0 aliphatic heterocycles. The van der Waals surface area contributed by atoms with Crippen LogP contribution in [-0.2, 0) is 4.74 Å². The Hall–Kier alpha value is -1.36. The number of carbonyl (C=O) groups excluding carboxylic acids is 1. The molecule has 0 spiro atoms. The fraction of sp³-hybridized carbons (Fsp3) is 0.312. The zero-order chi connectivity index (χ0) is 15.4. The molecule has 112 valence electrons. The molecule has 1 atom stereocenters. The second kappa shape index (κ2) is 7.07. The van der Waals surface area contributed by atoms with E-state index in [4.69, 9.17) is 16.3 Å². The summed E-state index contributed by atoms with van der Waals surface area (Å²) in [7, 11) is 1.63. The number of nitrogens with one attached hydrogen (secondary N) is 1. The first kappa shape index (κ1) is 16.0. The highest BCUT2D eigenvalue weighted by atomic mass is 35.5. The molecule has 0 bridgehead atoms. The maximum atomic E-state index is 12.2. The van der Waals surface area contributed by atoms with Gasteiger partial charge >= 0.3 is 0 Å². The average Bonchev–Trinajstić information content (AvgIpc) is 2.84. The fourth-order valence-corrected chi connectivity index (χ4v) is 3.33. The highest BCUT2D eigenvalue weighted by Gasteiger charge is 2.15. The first-order valence-corrected chi connectivity index (χ1v) is 7.83. The summed E-state index contributed by atoms with van der Waals surface area (Å²) in [5.74, 6) is -0.0912. The van der Waals surface area contributed by atoms with Crippen molar-refractivity contribution in [1.29, 1.82) is 0 Å². The van der Waals surface area contributed by atoms with Crippen LogP contribution in [0.2, 0.25) is 4.34 Å². The molecule has 0 aliphatic carbocycles. The normalized spacial score (nSPS) is 12.2. The first-order chi connectivity index (χ1) is 9.99. The number of aryl methyl sites for hydroxylation is 2. The van der Waals surface area contributed by atoms with Gasteiger partial charge in [-0.05, 0) is 38.1 Å². The maximum absolute atomic E-state index is 12.2. The molecule has 0 radical (unpaired) electrons. The number of amides is 1. The van der Waals surface area contributed by atoms with Crippen LogP contribution in [0, 0.1) is 13.8 Å². The van der Waals surface area contributed by atoms with Gasteiger partial charge in [0.25, 0.3) is 5.91 Å². The molecule has 1 aromatic carbocycles. The number of ether oxygens (including phenoxy) is 1. The molecule has 1 N–H and O–H groups in total. The van der Waals surface area contributed by atoms with E-state index in [2.05, 4.69) is 5.32 Å². The van der Waals surface area contributed by atoms with E-state index in [1.165, 1.54) is 11.3 Å². The summed E-state index contributed by atoms with van der Waals surface area (Å²) in [6.45, 7) is 4.38. The van der Waals surface area contributed by atoms with E-state index in [0.29, 0.717) is 16.4 Å². The Morgan fingerprint density at radius 3 is 2.48 bits per heavy atom. The Bertz CT molecular complexity index is 619. The molecule has 1 unspecified atom stereocenters. The average molecular weight is 324 g/mol. The smallest absolute Gasteiger partial charge is 0.251 e. The monoisotopic (exact) mass is 323 g/mol. The second-order valence-corrected chi connectivity index (χ2v) is 6.70. The molecule has 3 nitrogen and oxygen atoms in total. The maximum Gasteiger partial charge on any atom is 0.251 e. The van der Waals surface area contributed by atoms with E-state index in [1.54, 1.807) is 7.11 Å². The Morgan fingerprint density at radius 1 is 1.29 bits per heavy atom. The summed E-state index contributed by atoms with van der Waals surface area (Å²) < 4.78 is 6.14. The van der Waals surface area contributed by atoms with E-state index in [9.17, 15) is 4.79 Å². The number of carbonyl (C=O) groups is 1. The lowest BCUT2D eigenvalue weighted by atomic mass is 10.1.